The Kier molecular flexibility index (Phi) is 4.75. The molecule has 0 atom stereocenters. The number of likely N-dealkylation sites (N-methyl/N-ethyl adjacent to an activating group) is 1. The maximum absolute atomic E-state index is 10.7. The van der Waals surface area contributed by atoms with Gasteiger partial charge in [0.05, 0.1) is 12.3 Å². The fourth-order valence-corrected chi connectivity index (χ4v) is 2.55. The highest BCUT2D eigenvalue weighted by Gasteiger charge is 2.14. The number of anilines is 1. The number of ether oxygens (including phenoxy) is 1. The van der Waals surface area contributed by atoms with Gasteiger partial charge in [-0.1, -0.05) is 0 Å². The minimum absolute atomic E-state index is 0.611. The van der Waals surface area contributed by atoms with Gasteiger partial charge in [0.1, 0.15) is 0 Å². The summed E-state index contributed by atoms with van der Waals surface area (Å²) in [7, 11) is 1.92. The van der Waals surface area contributed by atoms with Crippen LogP contribution >= 0.6 is 11.3 Å². The molecule has 0 radical (unpaired) electrons. The van der Waals surface area contributed by atoms with Crippen molar-refractivity contribution >= 4 is 34.2 Å². The van der Waals surface area contributed by atoms with Gasteiger partial charge in [-0.3, -0.25) is 4.40 Å². The van der Waals surface area contributed by atoms with Crippen LogP contribution in [-0.4, -0.2) is 47.3 Å². The van der Waals surface area contributed by atoms with E-state index in [0.717, 1.165) is 22.5 Å². The second-order valence-electron chi connectivity index (χ2n) is 4.17. The first-order chi connectivity index (χ1) is 9.63. The van der Waals surface area contributed by atoms with Crippen molar-refractivity contribution in [2.45, 2.75) is 6.92 Å². The average molecular weight is 295 g/mol. The number of hydrogen-bond donors (Lipinski definition) is 1. The Labute approximate surface area is 120 Å². The van der Waals surface area contributed by atoms with Crippen LogP contribution in [0.2, 0.25) is 0 Å². The second-order valence-corrected chi connectivity index (χ2v) is 5.04. The number of rotatable bonds is 7. The van der Waals surface area contributed by atoms with Crippen LogP contribution in [0.25, 0.3) is 11.0 Å². The van der Waals surface area contributed by atoms with Crippen LogP contribution in [0.3, 0.4) is 0 Å². The van der Waals surface area contributed by atoms with Crippen molar-refractivity contribution in [3.63, 3.8) is 0 Å². The van der Waals surface area contributed by atoms with Gasteiger partial charge in [0, 0.05) is 37.9 Å². The Morgan fingerprint density at radius 3 is 3.15 bits per heavy atom. The van der Waals surface area contributed by atoms with Crippen LogP contribution in [0.1, 0.15) is 12.6 Å². The number of carbonyl (C=O) groups is 1. The molecule has 1 N–H and O–H groups in total. The van der Waals surface area contributed by atoms with E-state index in [0.29, 0.717) is 19.8 Å². The first-order valence-corrected chi connectivity index (χ1v) is 7.17. The molecule has 0 amide bonds. The third kappa shape index (κ3) is 3.17. The Morgan fingerprint density at radius 1 is 1.65 bits per heavy atom. The Balaban J connectivity index is 2.28. The maximum Gasteiger partial charge on any atom is 0.328 e. The van der Waals surface area contributed by atoms with E-state index in [1.807, 2.05) is 34.8 Å². The molecule has 2 aromatic heterocycles. The first-order valence-electron chi connectivity index (χ1n) is 6.29. The molecular formula is C13H17N3O3S. The number of imidazole rings is 1. The molecule has 0 aliphatic carbocycles. The largest absolute Gasteiger partial charge is 0.478 e. The highest BCUT2D eigenvalue weighted by molar-refractivity contribution is 7.15. The summed E-state index contributed by atoms with van der Waals surface area (Å²) in [6.07, 6.45) is 4.58. The lowest BCUT2D eigenvalue weighted by Gasteiger charge is -2.17. The fraction of sp³-hybridized carbons (Fsp3) is 0.385. The van der Waals surface area contributed by atoms with Crippen molar-refractivity contribution in [1.82, 2.24) is 9.38 Å². The summed E-state index contributed by atoms with van der Waals surface area (Å²) in [6, 6.07) is 0. The molecule has 0 spiro atoms. The number of nitrogens with zero attached hydrogens (tertiary/aromatic N) is 3. The van der Waals surface area contributed by atoms with Gasteiger partial charge >= 0.3 is 5.97 Å². The average Bonchev–Trinajstić information content (AvgIpc) is 2.97. The van der Waals surface area contributed by atoms with Crippen LogP contribution in [0, 0.1) is 0 Å². The lowest BCUT2D eigenvalue weighted by molar-refractivity contribution is -0.131. The molecule has 0 bridgehead atoms. The number of aromatic nitrogens is 2. The highest BCUT2D eigenvalue weighted by Crippen LogP contribution is 2.25. The van der Waals surface area contributed by atoms with E-state index in [-0.39, 0.29) is 0 Å². The summed E-state index contributed by atoms with van der Waals surface area (Å²) in [5.41, 5.74) is 0.766. The number of carboxylic acid groups (broad SMARTS) is 1. The van der Waals surface area contributed by atoms with Crippen LogP contribution < -0.4 is 4.90 Å². The number of fused-ring (bicyclic) bond motifs is 1. The number of thiazole rings is 1. The van der Waals surface area contributed by atoms with E-state index < -0.39 is 5.97 Å². The Bertz CT molecular complexity index is 617. The second kappa shape index (κ2) is 6.53. The molecular weight excluding hydrogens is 278 g/mol. The van der Waals surface area contributed by atoms with Crippen LogP contribution in [0.4, 0.5) is 5.82 Å². The number of aliphatic carboxylic acids is 1. The maximum atomic E-state index is 10.7. The summed E-state index contributed by atoms with van der Waals surface area (Å²) < 4.78 is 7.22. The van der Waals surface area contributed by atoms with E-state index in [1.54, 1.807) is 6.08 Å². The van der Waals surface area contributed by atoms with Gasteiger partial charge in [-0.2, -0.15) is 0 Å². The van der Waals surface area contributed by atoms with Gasteiger partial charge in [-0.25, -0.2) is 9.78 Å². The zero-order chi connectivity index (χ0) is 14.5. The molecule has 0 unspecified atom stereocenters. The summed E-state index contributed by atoms with van der Waals surface area (Å²) in [5.74, 6) is -0.216. The van der Waals surface area contributed by atoms with Gasteiger partial charge in [0.25, 0.3) is 0 Å². The van der Waals surface area contributed by atoms with Gasteiger partial charge in [0.2, 0.25) is 0 Å². The molecule has 2 rings (SSSR count). The standard InChI is InChI=1S/C13H17N3O3S/c1-3-19-8-6-15(2)12-10(4-5-11(17)18)16-7-9-20-13(16)14-12/h4-5,7,9H,3,6,8H2,1-2H3,(H,17,18)/b5-4+. The molecule has 6 nitrogen and oxygen atoms in total. The summed E-state index contributed by atoms with van der Waals surface area (Å²) in [4.78, 5) is 18.1. The Morgan fingerprint density at radius 2 is 2.45 bits per heavy atom. The van der Waals surface area contributed by atoms with Crippen LogP contribution in [0.5, 0.6) is 0 Å². The molecule has 2 heterocycles. The summed E-state index contributed by atoms with van der Waals surface area (Å²) >= 11 is 1.51. The molecule has 0 saturated heterocycles. The van der Waals surface area contributed by atoms with E-state index in [4.69, 9.17) is 9.84 Å². The fourth-order valence-electron chi connectivity index (χ4n) is 1.83. The zero-order valence-electron chi connectivity index (χ0n) is 11.4. The van der Waals surface area contributed by atoms with Crippen LogP contribution in [0.15, 0.2) is 17.7 Å². The normalized spacial score (nSPS) is 11.5. The van der Waals surface area contributed by atoms with E-state index >= 15 is 0 Å². The van der Waals surface area contributed by atoms with E-state index in [2.05, 4.69) is 4.98 Å². The number of hydrogen-bond acceptors (Lipinski definition) is 5. The van der Waals surface area contributed by atoms with Gasteiger partial charge in [-0.05, 0) is 13.0 Å². The quantitative estimate of drug-likeness (QED) is 0.625. The first kappa shape index (κ1) is 14.5. The third-order valence-electron chi connectivity index (χ3n) is 2.80. The summed E-state index contributed by atoms with van der Waals surface area (Å²) in [6.45, 7) is 3.94. The van der Waals surface area contributed by atoms with Crippen molar-refractivity contribution in [3.8, 4) is 0 Å². The highest BCUT2D eigenvalue weighted by atomic mass is 32.1. The molecule has 20 heavy (non-hydrogen) atoms. The van der Waals surface area contributed by atoms with Gasteiger partial charge in [0.15, 0.2) is 10.8 Å². The predicted molar refractivity (Wildman–Crippen MR) is 79.5 cm³/mol. The van der Waals surface area contributed by atoms with Gasteiger partial charge < -0.3 is 14.7 Å². The minimum Gasteiger partial charge on any atom is -0.478 e. The summed E-state index contributed by atoms with van der Waals surface area (Å²) in [5, 5.41) is 10.7. The number of carboxylic acids is 1. The topological polar surface area (TPSA) is 67.1 Å². The molecule has 0 aliphatic rings. The van der Waals surface area contributed by atoms with E-state index in [1.165, 1.54) is 11.3 Å². The predicted octanol–water partition coefficient (Wildman–Crippen LogP) is 1.97. The minimum atomic E-state index is -0.974. The molecule has 2 aromatic rings. The molecule has 0 aromatic carbocycles. The zero-order valence-corrected chi connectivity index (χ0v) is 12.3. The van der Waals surface area contributed by atoms with Crippen molar-refractivity contribution in [2.75, 3.05) is 31.7 Å². The van der Waals surface area contributed by atoms with Gasteiger partial charge in [-0.15, -0.1) is 11.3 Å². The van der Waals surface area contributed by atoms with Crippen molar-refractivity contribution < 1.29 is 14.6 Å². The van der Waals surface area contributed by atoms with Crippen LogP contribution in [-0.2, 0) is 9.53 Å². The van der Waals surface area contributed by atoms with Crippen molar-refractivity contribution in [2.24, 2.45) is 0 Å². The molecule has 0 aliphatic heterocycles. The molecule has 0 fully saturated rings. The molecule has 108 valence electrons. The molecule has 7 heteroatoms. The SMILES string of the molecule is CCOCCN(C)c1nc2sccn2c1/C=C/C(=O)O. The van der Waals surface area contributed by atoms with E-state index in [9.17, 15) is 4.79 Å². The lowest BCUT2D eigenvalue weighted by Crippen LogP contribution is -2.23. The van der Waals surface area contributed by atoms with Crippen molar-refractivity contribution in [3.05, 3.63) is 23.3 Å². The third-order valence-corrected chi connectivity index (χ3v) is 3.56. The monoisotopic (exact) mass is 295 g/mol. The Hall–Kier alpha value is -1.86. The lowest BCUT2D eigenvalue weighted by atomic mass is 10.3. The molecule has 0 saturated carbocycles. The van der Waals surface area contributed by atoms with Crippen molar-refractivity contribution in [1.29, 1.82) is 0 Å². The smallest absolute Gasteiger partial charge is 0.328 e.